The number of halogens is 2. The number of hydrogen-bond donors (Lipinski definition) is 1. The summed E-state index contributed by atoms with van der Waals surface area (Å²) >= 11 is 9.49. The summed E-state index contributed by atoms with van der Waals surface area (Å²) in [7, 11) is 1.90. The smallest absolute Gasteiger partial charge is 0.151 e. The van der Waals surface area contributed by atoms with E-state index in [1.165, 1.54) is 0 Å². The maximum atomic E-state index is 8.99. The molecule has 0 saturated heterocycles. The first kappa shape index (κ1) is 12.6. The highest BCUT2D eigenvalue weighted by Crippen LogP contribution is 2.26. The molecule has 1 N–H and O–H groups in total. The van der Waals surface area contributed by atoms with Gasteiger partial charge in [-0.05, 0) is 12.1 Å². The van der Waals surface area contributed by atoms with Crippen molar-refractivity contribution in [2.24, 2.45) is 7.05 Å². The maximum Gasteiger partial charge on any atom is 0.151 e. The van der Waals surface area contributed by atoms with Crippen molar-refractivity contribution in [3.63, 3.8) is 0 Å². The van der Waals surface area contributed by atoms with Gasteiger partial charge in [0.05, 0.1) is 5.69 Å². The van der Waals surface area contributed by atoms with Crippen molar-refractivity contribution in [3.8, 4) is 11.4 Å². The van der Waals surface area contributed by atoms with Crippen LogP contribution >= 0.6 is 27.5 Å². The number of aliphatic hydroxyl groups excluding tert-OH is 1. The zero-order chi connectivity index (χ0) is 12.4. The highest BCUT2D eigenvalue weighted by atomic mass is 79.9. The summed E-state index contributed by atoms with van der Waals surface area (Å²) < 4.78 is 2.91. The van der Waals surface area contributed by atoms with E-state index in [0.29, 0.717) is 11.6 Å². The van der Waals surface area contributed by atoms with Crippen LogP contribution in [-0.4, -0.2) is 21.3 Å². The fourth-order valence-electron chi connectivity index (χ4n) is 1.76. The topological polar surface area (TPSA) is 38.0 Å². The number of aromatic nitrogens is 2. The Hall–Kier alpha value is -0.840. The van der Waals surface area contributed by atoms with Gasteiger partial charge in [0, 0.05) is 30.1 Å². The Kier molecular flexibility index (Phi) is 3.86. The van der Waals surface area contributed by atoms with E-state index in [2.05, 4.69) is 20.9 Å². The van der Waals surface area contributed by atoms with E-state index in [1.54, 1.807) is 0 Å². The van der Waals surface area contributed by atoms with Crippen LogP contribution in [0, 0.1) is 0 Å². The van der Waals surface area contributed by atoms with E-state index in [0.717, 1.165) is 21.6 Å². The van der Waals surface area contributed by atoms with Crippen molar-refractivity contribution in [2.45, 2.75) is 6.42 Å². The Morgan fingerprint density at radius 1 is 1.47 bits per heavy atom. The van der Waals surface area contributed by atoms with Crippen molar-refractivity contribution in [2.75, 3.05) is 6.61 Å². The van der Waals surface area contributed by atoms with Gasteiger partial charge in [-0.3, -0.25) is 0 Å². The number of imidazole rings is 1. The zero-order valence-corrected chi connectivity index (χ0v) is 11.7. The number of aliphatic hydroxyl groups is 1. The van der Waals surface area contributed by atoms with Gasteiger partial charge in [0.15, 0.2) is 5.15 Å². The molecule has 1 heterocycles. The van der Waals surface area contributed by atoms with Gasteiger partial charge in [0.25, 0.3) is 0 Å². The molecule has 1 aromatic heterocycles. The molecule has 2 rings (SSSR count). The van der Waals surface area contributed by atoms with Crippen molar-refractivity contribution in [1.29, 1.82) is 0 Å². The van der Waals surface area contributed by atoms with Crippen LogP contribution in [0.5, 0.6) is 0 Å². The first-order valence-electron chi connectivity index (χ1n) is 5.21. The number of nitrogens with zero attached hydrogens (tertiary/aromatic N) is 2. The molecule has 17 heavy (non-hydrogen) atoms. The quantitative estimate of drug-likeness (QED) is 0.945. The summed E-state index contributed by atoms with van der Waals surface area (Å²) in [6.45, 7) is 0.0666. The molecule has 0 spiro atoms. The van der Waals surface area contributed by atoms with Gasteiger partial charge >= 0.3 is 0 Å². The fraction of sp³-hybridized carbons (Fsp3) is 0.250. The molecule has 5 heteroatoms. The molecule has 1 aromatic carbocycles. The van der Waals surface area contributed by atoms with E-state index in [1.807, 2.05) is 35.9 Å². The molecule has 0 bridgehead atoms. The number of hydrogen-bond acceptors (Lipinski definition) is 2. The molecule has 0 aliphatic rings. The van der Waals surface area contributed by atoms with Gasteiger partial charge in [-0.15, -0.1) is 0 Å². The lowest BCUT2D eigenvalue weighted by molar-refractivity contribution is 0.297. The van der Waals surface area contributed by atoms with Crippen LogP contribution in [0.1, 0.15) is 5.69 Å². The Morgan fingerprint density at radius 2 is 2.24 bits per heavy atom. The summed E-state index contributed by atoms with van der Waals surface area (Å²) in [6.07, 6.45) is 0.510. The molecule has 0 atom stereocenters. The lowest BCUT2D eigenvalue weighted by Crippen LogP contribution is -2.01. The SMILES string of the molecule is Cn1c(-c2cccc(Br)c2)nc(Cl)c1CCO. The average Bonchev–Trinajstić information content (AvgIpc) is 2.57. The largest absolute Gasteiger partial charge is 0.396 e. The first-order chi connectivity index (χ1) is 8.13. The van der Waals surface area contributed by atoms with E-state index in [-0.39, 0.29) is 6.61 Å². The molecular formula is C12H12BrClN2O. The standard InChI is InChI=1S/C12H12BrClN2O/c1-16-10(5-6-17)11(14)15-12(16)8-3-2-4-9(13)7-8/h2-4,7,17H,5-6H2,1H3. The van der Waals surface area contributed by atoms with Crippen molar-refractivity contribution >= 4 is 27.5 Å². The predicted octanol–water partition coefficient (Wildman–Crippen LogP) is 3.04. The minimum absolute atomic E-state index is 0.0666. The minimum atomic E-state index is 0.0666. The van der Waals surface area contributed by atoms with Gasteiger partial charge in [0.2, 0.25) is 0 Å². The van der Waals surface area contributed by atoms with Gasteiger partial charge < -0.3 is 9.67 Å². The van der Waals surface area contributed by atoms with Crippen molar-refractivity contribution in [1.82, 2.24) is 9.55 Å². The monoisotopic (exact) mass is 314 g/mol. The number of rotatable bonds is 3. The summed E-state index contributed by atoms with van der Waals surface area (Å²) in [5.41, 5.74) is 1.84. The average molecular weight is 316 g/mol. The summed E-state index contributed by atoms with van der Waals surface area (Å²) in [5, 5.41) is 9.44. The van der Waals surface area contributed by atoms with Crippen molar-refractivity contribution < 1.29 is 5.11 Å². The van der Waals surface area contributed by atoms with Gasteiger partial charge in [-0.25, -0.2) is 4.98 Å². The lowest BCUT2D eigenvalue weighted by atomic mass is 10.2. The van der Waals surface area contributed by atoms with E-state index in [9.17, 15) is 0 Å². The normalized spacial score (nSPS) is 10.8. The molecule has 0 fully saturated rings. The molecular weight excluding hydrogens is 304 g/mol. The molecule has 0 aliphatic heterocycles. The first-order valence-corrected chi connectivity index (χ1v) is 6.38. The third-order valence-corrected chi connectivity index (χ3v) is 3.39. The Balaban J connectivity index is 2.50. The lowest BCUT2D eigenvalue weighted by Gasteiger charge is -2.05. The van der Waals surface area contributed by atoms with Crippen molar-refractivity contribution in [3.05, 3.63) is 39.6 Å². The molecule has 0 amide bonds. The zero-order valence-electron chi connectivity index (χ0n) is 9.32. The second-order valence-corrected chi connectivity index (χ2v) is 4.99. The Labute approximate surface area is 113 Å². The van der Waals surface area contributed by atoms with E-state index < -0.39 is 0 Å². The fourth-order valence-corrected chi connectivity index (χ4v) is 2.46. The molecule has 0 unspecified atom stereocenters. The predicted molar refractivity (Wildman–Crippen MR) is 72.1 cm³/mol. The molecule has 0 saturated carbocycles. The molecule has 90 valence electrons. The summed E-state index contributed by atoms with van der Waals surface area (Å²) in [4.78, 5) is 4.34. The van der Waals surface area contributed by atoms with Gasteiger partial charge in [0.1, 0.15) is 5.82 Å². The van der Waals surface area contributed by atoms with Crippen LogP contribution in [0.4, 0.5) is 0 Å². The number of benzene rings is 1. The molecule has 0 radical (unpaired) electrons. The van der Waals surface area contributed by atoms with Crippen LogP contribution in [0.2, 0.25) is 5.15 Å². The van der Waals surface area contributed by atoms with Gasteiger partial charge in [-0.2, -0.15) is 0 Å². The molecule has 3 nitrogen and oxygen atoms in total. The third-order valence-electron chi connectivity index (χ3n) is 2.60. The van der Waals surface area contributed by atoms with E-state index in [4.69, 9.17) is 16.7 Å². The second kappa shape index (κ2) is 5.21. The summed E-state index contributed by atoms with van der Waals surface area (Å²) in [6, 6.07) is 7.88. The third kappa shape index (κ3) is 2.54. The van der Waals surface area contributed by atoms with Crippen LogP contribution in [-0.2, 0) is 13.5 Å². The highest BCUT2D eigenvalue weighted by molar-refractivity contribution is 9.10. The van der Waals surface area contributed by atoms with Crippen LogP contribution < -0.4 is 0 Å². The molecule has 0 aliphatic carbocycles. The van der Waals surface area contributed by atoms with Crippen LogP contribution in [0.25, 0.3) is 11.4 Å². The van der Waals surface area contributed by atoms with Gasteiger partial charge in [-0.1, -0.05) is 39.7 Å². The summed E-state index contributed by atoms with van der Waals surface area (Å²) in [5.74, 6) is 0.805. The molecule has 2 aromatic rings. The van der Waals surface area contributed by atoms with E-state index >= 15 is 0 Å². The maximum absolute atomic E-state index is 8.99. The van der Waals surface area contributed by atoms with Crippen LogP contribution in [0.15, 0.2) is 28.7 Å². The second-order valence-electron chi connectivity index (χ2n) is 3.72. The minimum Gasteiger partial charge on any atom is -0.396 e. The Bertz CT molecular complexity index is 539. The highest BCUT2D eigenvalue weighted by Gasteiger charge is 2.13. The Morgan fingerprint density at radius 3 is 2.88 bits per heavy atom. The van der Waals surface area contributed by atoms with Crippen LogP contribution in [0.3, 0.4) is 0 Å².